The maximum Gasteiger partial charge on any atom is 0.233 e. The van der Waals surface area contributed by atoms with Crippen LogP contribution in [0.1, 0.15) is 22.4 Å². The summed E-state index contributed by atoms with van der Waals surface area (Å²) in [6, 6.07) is 6.14. The Bertz CT molecular complexity index is 464. The van der Waals surface area contributed by atoms with Crippen LogP contribution in [0.25, 0.3) is 0 Å². The van der Waals surface area contributed by atoms with Crippen molar-refractivity contribution in [1.82, 2.24) is 15.5 Å². The molecule has 4 nitrogen and oxygen atoms in total. The smallest absolute Gasteiger partial charge is 0.233 e. The highest BCUT2D eigenvalue weighted by Gasteiger charge is 2.02. The molecule has 17 heavy (non-hydrogen) atoms. The van der Waals surface area contributed by atoms with E-state index in [1.54, 1.807) is 11.3 Å². The van der Waals surface area contributed by atoms with Gasteiger partial charge in [0.2, 0.25) is 5.88 Å². The number of H-pyrrole nitrogens is 1. The van der Waals surface area contributed by atoms with Gasteiger partial charge in [-0.1, -0.05) is 6.92 Å². The van der Waals surface area contributed by atoms with E-state index in [2.05, 4.69) is 34.6 Å². The van der Waals surface area contributed by atoms with E-state index in [0.29, 0.717) is 12.5 Å². The summed E-state index contributed by atoms with van der Waals surface area (Å²) in [5, 5.41) is 10.2. The molecule has 2 rings (SSSR count). The molecule has 2 heterocycles. The number of nitrogens with zero attached hydrogens (tertiary/aromatic N) is 1. The summed E-state index contributed by atoms with van der Waals surface area (Å²) < 4.78 is 5.58. The number of nitrogens with one attached hydrogen (secondary N) is 2. The molecule has 0 amide bonds. The first-order valence-corrected chi connectivity index (χ1v) is 6.52. The average Bonchev–Trinajstić information content (AvgIpc) is 2.93. The molecule has 2 aromatic rings. The number of hydrogen-bond donors (Lipinski definition) is 2. The molecule has 0 spiro atoms. The fourth-order valence-corrected chi connectivity index (χ4v) is 2.36. The number of aromatic amines is 1. The average molecular weight is 251 g/mol. The van der Waals surface area contributed by atoms with Crippen LogP contribution in [0.5, 0.6) is 5.88 Å². The molecule has 0 saturated heterocycles. The Labute approximate surface area is 105 Å². The van der Waals surface area contributed by atoms with Gasteiger partial charge in [0.05, 0.1) is 0 Å². The van der Waals surface area contributed by atoms with Crippen LogP contribution in [0.15, 0.2) is 18.2 Å². The number of aromatic nitrogens is 2. The van der Waals surface area contributed by atoms with Gasteiger partial charge in [-0.15, -0.1) is 16.4 Å². The SMILES string of the molecule is CCNCc1ccc(COc2cc(C)[nH]n2)s1. The third kappa shape index (κ3) is 3.57. The maximum atomic E-state index is 5.58. The molecule has 0 fully saturated rings. The Morgan fingerprint density at radius 3 is 2.94 bits per heavy atom. The van der Waals surface area contributed by atoms with Crippen LogP contribution in [0.2, 0.25) is 0 Å². The Hall–Kier alpha value is -1.33. The van der Waals surface area contributed by atoms with Crippen molar-refractivity contribution in [2.45, 2.75) is 27.0 Å². The van der Waals surface area contributed by atoms with E-state index in [9.17, 15) is 0 Å². The minimum atomic E-state index is 0.584. The highest BCUT2D eigenvalue weighted by molar-refractivity contribution is 7.11. The van der Waals surface area contributed by atoms with Gasteiger partial charge in [-0.25, -0.2) is 0 Å². The minimum absolute atomic E-state index is 0.584. The van der Waals surface area contributed by atoms with Crippen molar-refractivity contribution in [3.8, 4) is 5.88 Å². The number of ether oxygens (including phenoxy) is 1. The van der Waals surface area contributed by atoms with Crippen molar-refractivity contribution in [2.24, 2.45) is 0 Å². The number of hydrogen-bond acceptors (Lipinski definition) is 4. The molecule has 0 saturated carbocycles. The highest BCUT2D eigenvalue weighted by atomic mass is 32.1. The van der Waals surface area contributed by atoms with Crippen molar-refractivity contribution < 1.29 is 4.74 Å². The van der Waals surface area contributed by atoms with Crippen molar-refractivity contribution in [3.05, 3.63) is 33.6 Å². The molecule has 2 N–H and O–H groups in total. The Morgan fingerprint density at radius 1 is 1.41 bits per heavy atom. The van der Waals surface area contributed by atoms with E-state index in [1.807, 2.05) is 13.0 Å². The van der Waals surface area contributed by atoms with Crippen LogP contribution in [0.3, 0.4) is 0 Å². The largest absolute Gasteiger partial charge is 0.471 e. The van der Waals surface area contributed by atoms with Gasteiger partial charge < -0.3 is 10.1 Å². The van der Waals surface area contributed by atoms with Gasteiger partial charge in [0.25, 0.3) is 0 Å². The molecule has 0 aliphatic rings. The molecular weight excluding hydrogens is 234 g/mol. The fraction of sp³-hybridized carbons (Fsp3) is 0.417. The molecule has 0 atom stereocenters. The second kappa shape index (κ2) is 5.84. The van der Waals surface area contributed by atoms with Gasteiger partial charge in [-0.3, -0.25) is 5.10 Å². The summed E-state index contributed by atoms with van der Waals surface area (Å²) in [5.74, 6) is 0.657. The Morgan fingerprint density at radius 2 is 2.24 bits per heavy atom. The molecule has 92 valence electrons. The predicted molar refractivity (Wildman–Crippen MR) is 69.4 cm³/mol. The Balaban J connectivity index is 1.84. The first-order valence-electron chi connectivity index (χ1n) is 5.71. The number of aryl methyl sites for hydroxylation is 1. The third-order valence-corrected chi connectivity index (χ3v) is 3.37. The zero-order valence-electron chi connectivity index (χ0n) is 10.1. The molecule has 0 radical (unpaired) electrons. The zero-order chi connectivity index (χ0) is 12.1. The molecule has 0 aliphatic heterocycles. The highest BCUT2D eigenvalue weighted by Crippen LogP contribution is 2.18. The van der Waals surface area contributed by atoms with E-state index in [4.69, 9.17) is 4.74 Å². The van der Waals surface area contributed by atoms with Gasteiger partial charge >= 0.3 is 0 Å². The third-order valence-electron chi connectivity index (χ3n) is 2.31. The summed E-state index contributed by atoms with van der Waals surface area (Å²) in [6.07, 6.45) is 0. The minimum Gasteiger partial charge on any atom is -0.471 e. The van der Waals surface area contributed by atoms with E-state index in [1.165, 1.54) is 9.75 Å². The van der Waals surface area contributed by atoms with Crippen molar-refractivity contribution in [1.29, 1.82) is 0 Å². The first kappa shape index (κ1) is 12.1. The van der Waals surface area contributed by atoms with Gasteiger partial charge in [0.1, 0.15) is 6.61 Å². The molecule has 2 aromatic heterocycles. The number of rotatable bonds is 6. The van der Waals surface area contributed by atoms with Crippen molar-refractivity contribution in [3.63, 3.8) is 0 Å². The van der Waals surface area contributed by atoms with Gasteiger partial charge in [0.15, 0.2) is 0 Å². The molecule has 0 bridgehead atoms. The molecule has 0 unspecified atom stereocenters. The first-order chi connectivity index (χ1) is 8.28. The maximum absolute atomic E-state index is 5.58. The molecule has 5 heteroatoms. The van der Waals surface area contributed by atoms with Gasteiger partial charge in [-0.05, 0) is 25.6 Å². The van der Waals surface area contributed by atoms with Crippen LogP contribution in [0, 0.1) is 6.92 Å². The van der Waals surface area contributed by atoms with Crippen LogP contribution in [0.4, 0.5) is 0 Å². The zero-order valence-corrected chi connectivity index (χ0v) is 10.9. The van der Waals surface area contributed by atoms with Crippen molar-refractivity contribution >= 4 is 11.3 Å². The predicted octanol–water partition coefficient (Wildman–Crippen LogP) is 2.47. The second-order valence-electron chi connectivity index (χ2n) is 3.83. The standard InChI is InChI=1S/C12H17N3OS/c1-3-13-7-10-4-5-11(17-10)8-16-12-6-9(2)14-15-12/h4-6,13H,3,7-8H2,1-2H3,(H,14,15). The van der Waals surface area contributed by atoms with Gasteiger partial charge in [0, 0.05) is 28.1 Å². The van der Waals surface area contributed by atoms with Crippen LogP contribution in [-0.4, -0.2) is 16.7 Å². The lowest BCUT2D eigenvalue weighted by atomic mass is 10.4. The quantitative estimate of drug-likeness (QED) is 0.829. The van der Waals surface area contributed by atoms with Gasteiger partial charge in [-0.2, -0.15) is 0 Å². The summed E-state index contributed by atoms with van der Waals surface area (Å²) in [7, 11) is 0. The van der Waals surface area contributed by atoms with E-state index in [-0.39, 0.29) is 0 Å². The summed E-state index contributed by atoms with van der Waals surface area (Å²) in [5.41, 5.74) is 1.01. The summed E-state index contributed by atoms with van der Waals surface area (Å²) in [4.78, 5) is 2.56. The molecule has 0 aliphatic carbocycles. The van der Waals surface area contributed by atoms with Crippen LogP contribution >= 0.6 is 11.3 Å². The van der Waals surface area contributed by atoms with Crippen LogP contribution in [-0.2, 0) is 13.2 Å². The lowest BCUT2D eigenvalue weighted by molar-refractivity contribution is 0.297. The van der Waals surface area contributed by atoms with Crippen molar-refractivity contribution in [2.75, 3.05) is 6.54 Å². The number of thiophene rings is 1. The van der Waals surface area contributed by atoms with E-state index >= 15 is 0 Å². The van der Waals surface area contributed by atoms with E-state index < -0.39 is 0 Å². The second-order valence-corrected chi connectivity index (χ2v) is 5.08. The van der Waals surface area contributed by atoms with Crippen LogP contribution < -0.4 is 10.1 Å². The summed E-state index contributed by atoms with van der Waals surface area (Å²) >= 11 is 1.77. The topological polar surface area (TPSA) is 49.9 Å². The molecule has 0 aromatic carbocycles. The lowest BCUT2D eigenvalue weighted by Gasteiger charge is -1.99. The molecular formula is C12H17N3OS. The fourth-order valence-electron chi connectivity index (χ4n) is 1.46. The normalized spacial score (nSPS) is 10.7. The van der Waals surface area contributed by atoms with E-state index in [0.717, 1.165) is 18.8 Å². The Kier molecular flexibility index (Phi) is 4.17. The summed E-state index contributed by atoms with van der Waals surface area (Å²) in [6.45, 7) is 6.58. The monoisotopic (exact) mass is 251 g/mol. The lowest BCUT2D eigenvalue weighted by Crippen LogP contribution is -2.10.